The molecular formula is C25H23ClF5NO3. The monoisotopic (exact) mass is 515 g/mol. The summed E-state index contributed by atoms with van der Waals surface area (Å²) >= 11 is 5.68. The van der Waals surface area contributed by atoms with E-state index >= 15 is 0 Å². The number of rotatable bonds is 6. The van der Waals surface area contributed by atoms with Crippen molar-refractivity contribution in [3.8, 4) is 5.75 Å². The van der Waals surface area contributed by atoms with Gasteiger partial charge in [0.15, 0.2) is 11.6 Å². The highest BCUT2D eigenvalue weighted by molar-refractivity contribution is 6.31. The minimum Gasteiger partial charge on any atom is -0.487 e. The molecular weight excluding hydrogens is 493 g/mol. The lowest BCUT2D eigenvalue weighted by Gasteiger charge is -2.39. The van der Waals surface area contributed by atoms with Crippen LogP contribution >= 0.6 is 11.6 Å². The number of nitrogens with zero attached hydrogens (tertiary/aromatic N) is 1. The zero-order chi connectivity index (χ0) is 25.1. The van der Waals surface area contributed by atoms with Crippen molar-refractivity contribution in [3.05, 3.63) is 63.2 Å². The number of ether oxygens (including phenoxy) is 1. The summed E-state index contributed by atoms with van der Waals surface area (Å²) in [5.41, 5.74) is 0.232. The van der Waals surface area contributed by atoms with Gasteiger partial charge in [-0.3, -0.25) is 4.90 Å². The Labute approximate surface area is 203 Å². The van der Waals surface area contributed by atoms with Crippen LogP contribution in [-0.4, -0.2) is 34.2 Å². The lowest BCUT2D eigenvalue weighted by Crippen LogP contribution is -2.46. The number of carboxylic acids is 1. The molecule has 10 heteroatoms. The van der Waals surface area contributed by atoms with E-state index in [4.69, 9.17) is 16.3 Å². The first kappa shape index (κ1) is 24.3. The number of halogens is 6. The summed E-state index contributed by atoms with van der Waals surface area (Å²) in [6.45, 7) is 0.453. The Balaban J connectivity index is 1.33. The maximum Gasteiger partial charge on any atom is 0.416 e. The average Bonchev–Trinajstić information content (AvgIpc) is 3.57. The number of benzene rings is 2. The fraction of sp³-hybridized carbons (Fsp3) is 0.480. The van der Waals surface area contributed by atoms with Gasteiger partial charge >= 0.3 is 12.1 Å². The molecule has 4 nitrogen and oxygen atoms in total. The van der Waals surface area contributed by atoms with Gasteiger partial charge in [-0.05, 0) is 79.8 Å². The highest BCUT2D eigenvalue weighted by Gasteiger charge is 2.43. The van der Waals surface area contributed by atoms with Crippen molar-refractivity contribution in [2.75, 3.05) is 0 Å². The van der Waals surface area contributed by atoms with Crippen molar-refractivity contribution in [3.63, 3.8) is 0 Å². The molecule has 0 spiro atoms. The van der Waals surface area contributed by atoms with Crippen LogP contribution in [0, 0.1) is 11.6 Å². The fourth-order valence-electron chi connectivity index (χ4n) is 5.47. The minimum absolute atomic E-state index is 0.0392. The normalized spacial score (nSPS) is 24.6. The van der Waals surface area contributed by atoms with Gasteiger partial charge in [0.05, 0.1) is 16.1 Å². The second-order valence-corrected chi connectivity index (χ2v) is 10.1. The van der Waals surface area contributed by atoms with Gasteiger partial charge in [-0.25, -0.2) is 13.6 Å². The maximum absolute atomic E-state index is 14.5. The molecule has 0 aromatic heterocycles. The van der Waals surface area contributed by atoms with E-state index in [2.05, 4.69) is 4.90 Å². The van der Waals surface area contributed by atoms with E-state index in [9.17, 15) is 31.9 Å². The molecule has 2 saturated heterocycles. The number of fused-ring (bicyclic) bond motifs is 2. The Morgan fingerprint density at radius 2 is 1.71 bits per heavy atom. The lowest BCUT2D eigenvalue weighted by molar-refractivity contribution is -0.137. The molecule has 2 aromatic rings. The van der Waals surface area contributed by atoms with Crippen LogP contribution < -0.4 is 4.74 Å². The van der Waals surface area contributed by atoms with E-state index in [-0.39, 0.29) is 23.6 Å². The van der Waals surface area contributed by atoms with Crippen LogP contribution in [0.2, 0.25) is 5.02 Å². The summed E-state index contributed by atoms with van der Waals surface area (Å²) in [4.78, 5) is 13.6. The van der Waals surface area contributed by atoms with Gasteiger partial charge in [0.25, 0.3) is 0 Å². The predicted molar refractivity (Wildman–Crippen MR) is 118 cm³/mol. The van der Waals surface area contributed by atoms with Gasteiger partial charge < -0.3 is 9.84 Å². The van der Waals surface area contributed by atoms with Gasteiger partial charge in [-0.2, -0.15) is 13.2 Å². The van der Waals surface area contributed by atoms with E-state index in [0.29, 0.717) is 31.5 Å². The zero-order valence-corrected chi connectivity index (χ0v) is 19.3. The summed E-state index contributed by atoms with van der Waals surface area (Å²) in [5, 5.41) is 8.64. The van der Waals surface area contributed by atoms with E-state index in [0.717, 1.165) is 36.8 Å². The molecule has 1 N–H and O–H groups in total. The first-order chi connectivity index (χ1) is 16.5. The topological polar surface area (TPSA) is 49.8 Å². The molecule has 0 amide bonds. The third-order valence-electron chi connectivity index (χ3n) is 7.29. The van der Waals surface area contributed by atoms with Crippen molar-refractivity contribution in [1.29, 1.82) is 0 Å². The molecule has 5 rings (SSSR count). The standard InChI is InChI=1S/C25H23ClF5NO3/c26-20-6-14(25(29,30)31)7-22(23(20)28)35-17-8-15-3-4-16(9-17)32(15)11-13-5-21(27)19(24(33)34)10-18(13)12-1-2-12/h5-7,10,12,15-17H,1-4,8-9,11H2,(H,33,34)/t15-,16?,17+/m1/s1. The quantitative estimate of drug-likeness (QED) is 0.430. The smallest absolute Gasteiger partial charge is 0.416 e. The van der Waals surface area contributed by atoms with Crippen molar-refractivity contribution in [1.82, 2.24) is 4.90 Å². The second kappa shape index (κ2) is 8.92. The number of hydrogen-bond acceptors (Lipinski definition) is 3. The lowest BCUT2D eigenvalue weighted by atomic mass is 9.95. The molecule has 3 fully saturated rings. The Kier molecular flexibility index (Phi) is 6.20. The van der Waals surface area contributed by atoms with Crippen molar-refractivity contribution in [2.24, 2.45) is 0 Å². The minimum atomic E-state index is -4.68. The Bertz CT molecular complexity index is 1150. The van der Waals surface area contributed by atoms with Crippen molar-refractivity contribution < 1.29 is 36.6 Å². The molecule has 1 saturated carbocycles. The molecule has 3 atom stereocenters. The SMILES string of the molecule is O=C(O)c1cc(C2CC2)c(CN2C3CC[C@@H]2C[C@H](Oc2cc(C(F)(F)F)cc(Cl)c2F)C3)cc1F. The van der Waals surface area contributed by atoms with E-state index in [1.165, 1.54) is 12.1 Å². The van der Waals surface area contributed by atoms with Crippen LogP contribution in [-0.2, 0) is 12.7 Å². The van der Waals surface area contributed by atoms with Gasteiger partial charge in [0, 0.05) is 18.6 Å². The second-order valence-electron chi connectivity index (χ2n) is 9.65. The van der Waals surface area contributed by atoms with E-state index < -0.39 is 46.2 Å². The van der Waals surface area contributed by atoms with Crippen LogP contribution in [0.1, 0.15) is 71.5 Å². The van der Waals surface area contributed by atoms with Gasteiger partial charge in [-0.1, -0.05) is 11.6 Å². The zero-order valence-electron chi connectivity index (χ0n) is 18.5. The molecule has 1 aliphatic carbocycles. The molecule has 3 aliphatic rings. The van der Waals surface area contributed by atoms with Crippen molar-refractivity contribution >= 4 is 17.6 Å². The van der Waals surface area contributed by atoms with Gasteiger partial charge in [0.2, 0.25) is 0 Å². The Morgan fingerprint density at radius 3 is 2.29 bits per heavy atom. The number of alkyl halides is 3. The summed E-state index contributed by atoms with van der Waals surface area (Å²) in [6, 6.07) is 4.03. The van der Waals surface area contributed by atoms with Crippen molar-refractivity contribution in [2.45, 2.75) is 75.4 Å². The molecule has 2 heterocycles. The summed E-state index contributed by atoms with van der Waals surface area (Å²) in [5.74, 6) is -3.35. The number of aromatic carboxylic acids is 1. The average molecular weight is 516 g/mol. The molecule has 2 bridgehead atoms. The first-order valence-corrected chi connectivity index (χ1v) is 11.9. The predicted octanol–water partition coefficient (Wildman–Crippen LogP) is 6.79. The molecule has 188 valence electrons. The molecule has 35 heavy (non-hydrogen) atoms. The summed E-state index contributed by atoms with van der Waals surface area (Å²) in [6.07, 6.45) is -0.641. The number of carbonyl (C=O) groups is 1. The summed E-state index contributed by atoms with van der Waals surface area (Å²) < 4.78 is 74.0. The van der Waals surface area contributed by atoms with E-state index in [1.807, 2.05) is 0 Å². The van der Waals surface area contributed by atoms with Crippen LogP contribution in [0.3, 0.4) is 0 Å². The van der Waals surface area contributed by atoms with Crippen LogP contribution in [0.5, 0.6) is 5.75 Å². The number of hydrogen-bond donors (Lipinski definition) is 1. The number of carboxylic acid groups (broad SMARTS) is 1. The molecule has 0 radical (unpaired) electrons. The number of piperidine rings is 1. The first-order valence-electron chi connectivity index (χ1n) is 11.6. The Hall–Kier alpha value is -2.39. The van der Waals surface area contributed by atoms with E-state index in [1.54, 1.807) is 0 Å². The molecule has 2 aromatic carbocycles. The highest BCUT2D eigenvalue weighted by atomic mass is 35.5. The Morgan fingerprint density at radius 1 is 1.06 bits per heavy atom. The maximum atomic E-state index is 14.5. The summed E-state index contributed by atoms with van der Waals surface area (Å²) in [7, 11) is 0. The van der Waals surface area contributed by atoms with Crippen LogP contribution in [0.15, 0.2) is 24.3 Å². The van der Waals surface area contributed by atoms with Crippen LogP contribution in [0.25, 0.3) is 0 Å². The largest absolute Gasteiger partial charge is 0.487 e. The van der Waals surface area contributed by atoms with Gasteiger partial charge in [0.1, 0.15) is 11.9 Å². The fourth-order valence-corrected chi connectivity index (χ4v) is 5.69. The third kappa shape index (κ3) is 4.85. The molecule has 1 unspecified atom stereocenters. The van der Waals surface area contributed by atoms with Gasteiger partial charge in [-0.15, -0.1) is 0 Å². The third-order valence-corrected chi connectivity index (χ3v) is 7.56. The highest BCUT2D eigenvalue weighted by Crippen LogP contribution is 2.45. The van der Waals surface area contributed by atoms with Crippen LogP contribution in [0.4, 0.5) is 22.0 Å². The molecule has 2 aliphatic heterocycles.